The molecule has 0 aliphatic heterocycles. The molecule has 21 heavy (non-hydrogen) atoms. The van der Waals surface area contributed by atoms with E-state index in [1.807, 2.05) is 0 Å². The number of nitrogens with zero attached hydrogens (tertiary/aromatic N) is 1. The molecule has 0 fully saturated rings. The molecule has 2 rings (SSSR count). The summed E-state index contributed by atoms with van der Waals surface area (Å²) in [5, 5.41) is 11.6. The fourth-order valence-corrected chi connectivity index (χ4v) is 1.83. The SMILES string of the molecule is COc1ncccc1C(=O)NCc1cc(C(=O)O)c(C)o1. The lowest BCUT2D eigenvalue weighted by Gasteiger charge is -2.06. The number of furan rings is 1. The van der Waals surface area contributed by atoms with Crippen molar-refractivity contribution >= 4 is 11.9 Å². The molecule has 0 saturated heterocycles. The van der Waals surface area contributed by atoms with Crippen LogP contribution in [0.1, 0.15) is 32.2 Å². The van der Waals surface area contributed by atoms with Gasteiger partial charge in [0.1, 0.15) is 22.6 Å². The van der Waals surface area contributed by atoms with E-state index in [1.54, 1.807) is 19.1 Å². The van der Waals surface area contributed by atoms with E-state index in [0.29, 0.717) is 17.1 Å². The second-order valence-corrected chi connectivity index (χ2v) is 4.23. The Morgan fingerprint density at radius 2 is 2.19 bits per heavy atom. The minimum Gasteiger partial charge on any atom is -0.480 e. The third kappa shape index (κ3) is 3.19. The normalized spacial score (nSPS) is 10.2. The first-order valence-corrected chi connectivity index (χ1v) is 6.12. The van der Waals surface area contributed by atoms with Crippen molar-refractivity contribution in [3.63, 3.8) is 0 Å². The van der Waals surface area contributed by atoms with Crippen molar-refractivity contribution in [3.05, 3.63) is 47.0 Å². The Bertz CT molecular complexity index is 678. The molecule has 0 unspecified atom stereocenters. The summed E-state index contributed by atoms with van der Waals surface area (Å²) in [6.07, 6.45) is 1.52. The lowest BCUT2D eigenvalue weighted by atomic mass is 10.2. The highest BCUT2D eigenvalue weighted by Gasteiger charge is 2.16. The van der Waals surface area contributed by atoms with Gasteiger partial charge in [0.25, 0.3) is 5.91 Å². The van der Waals surface area contributed by atoms with Crippen LogP contribution in [0.2, 0.25) is 0 Å². The third-order valence-electron chi connectivity index (χ3n) is 2.83. The minimum atomic E-state index is -1.07. The van der Waals surface area contributed by atoms with Crippen LogP contribution < -0.4 is 10.1 Å². The number of aromatic carboxylic acids is 1. The van der Waals surface area contributed by atoms with Gasteiger partial charge in [0.05, 0.1) is 13.7 Å². The monoisotopic (exact) mass is 290 g/mol. The molecule has 7 heteroatoms. The van der Waals surface area contributed by atoms with E-state index < -0.39 is 5.97 Å². The molecule has 2 N–H and O–H groups in total. The molecule has 0 aliphatic rings. The number of aryl methyl sites for hydroxylation is 1. The third-order valence-corrected chi connectivity index (χ3v) is 2.83. The van der Waals surface area contributed by atoms with E-state index in [0.717, 1.165) is 0 Å². The number of hydrogen-bond acceptors (Lipinski definition) is 5. The second kappa shape index (κ2) is 6.08. The maximum Gasteiger partial charge on any atom is 0.339 e. The summed E-state index contributed by atoms with van der Waals surface area (Å²) in [7, 11) is 1.42. The van der Waals surface area contributed by atoms with Gasteiger partial charge in [0.15, 0.2) is 0 Å². The maximum atomic E-state index is 12.0. The maximum absolute atomic E-state index is 12.0. The number of carboxylic acids is 1. The first-order valence-electron chi connectivity index (χ1n) is 6.12. The molecule has 2 aromatic heterocycles. The number of carbonyl (C=O) groups excluding carboxylic acids is 1. The van der Waals surface area contributed by atoms with Gasteiger partial charge < -0.3 is 19.6 Å². The summed E-state index contributed by atoms with van der Waals surface area (Å²) in [5.74, 6) is -0.572. The summed E-state index contributed by atoms with van der Waals surface area (Å²) in [5.41, 5.74) is 0.375. The van der Waals surface area contributed by atoms with E-state index in [1.165, 1.54) is 19.4 Å². The average Bonchev–Trinajstić information content (AvgIpc) is 2.86. The second-order valence-electron chi connectivity index (χ2n) is 4.23. The summed E-state index contributed by atoms with van der Waals surface area (Å²) < 4.78 is 10.3. The van der Waals surface area contributed by atoms with Crippen LogP contribution in [-0.2, 0) is 6.54 Å². The molecule has 1 amide bonds. The number of nitrogens with one attached hydrogen (secondary N) is 1. The topological polar surface area (TPSA) is 102 Å². The number of ether oxygens (including phenoxy) is 1. The van der Waals surface area contributed by atoms with Crippen LogP contribution in [-0.4, -0.2) is 29.1 Å². The highest BCUT2D eigenvalue weighted by atomic mass is 16.5. The van der Waals surface area contributed by atoms with Gasteiger partial charge in [0.2, 0.25) is 5.88 Å². The predicted molar refractivity (Wildman–Crippen MR) is 72.4 cm³/mol. The fourth-order valence-electron chi connectivity index (χ4n) is 1.83. The first-order chi connectivity index (χ1) is 10.0. The highest BCUT2D eigenvalue weighted by molar-refractivity contribution is 5.96. The van der Waals surface area contributed by atoms with Crippen molar-refractivity contribution in [1.82, 2.24) is 10.3 Å². The molecular formula is C14H14N2O5. The Balaban J connectivity index is 2.07. The van der Waals surface area contributed by atoms with Crippen LogP contribution in [0.5, 0.6) is 5.88 Å². The van der Waals surface area contributed by atoms with Crippen LogP contribution in [0.25, 0.3) is 0 Å². The van der Waals surface area contributed by atoms with Crippen LogP contribution in [0.4, 0.5) is 0 Å². The fraction of sp³-hybridized carbons (Fsp3) is 0.214. The van der Waals surface area contributed by atoms with Gasteiger partial charge in [-0.15, -0.1) is 0 Å². The van der Waals surface area contributed by atoms with Gasteiger partial charge >= 0.3 is 5.97 Å². The van der Waals surface area contributed by atoms with E-state index in [2.05, 4.69) is 10.3 Å². The molecule has 0 spiro atoms. The number of carbonyl (C=O) groups is 2. The number of hydrogen-bond donors (Lipinski definition) is 2. The van der Waals surface area contributed by atoms with Crippen molar-refractivity contribution in [2.45, 2.75) is 13.5 Å². The zero-order valence-electron chi connectivity index (χ0n) is 11.5. The molecule has 0 aromatic carbocycles. The van der Waals surface area contributed by atoms with Gasteiger partial charge in [-0.2, -0.15) is 0 Å². The molecule has 2 heterocycles. The summed E-state index contributed by atoms with van der Waals surface area (Å²) in [6.45, 7) is 1.63. The molecule has 0 saturated carbocycles. The predicted octanol–water partition coefficient (Wildman–Crippen LogP) is 1.62. The standard InChI is InChI=1S/C14H14N2O5/c1-8-11(14(18)19)6-9(21-8)7-16-12(17)10-4-3-5-15-13(10)20-2/h3-6H,7H2,1-2H3,(H,16,17)(H,18,19). The van der Waals surface area contributed by atoms with Crippen molar-refractivity contribution < 1.29 is 23.8 Å². The smallest absolute Gasteiger partial charge is 0.339 e. The van der Waals surface area contributed by atoms with Gasteiger partial charge in [0, 0.05) is 6.20 Å². The zero-order valence-corrected chi connectivity index (χ0v) is 11.5. The van der Waals surface area contributed by atoms with Gasteiger partial charge in [-0.3, -0.25) is 4.79 Å². The number of amides is 1. The molecule has 110 valence electrons. The van der Waals surface area contributed by atoms with E-state index >= 15 is 0 Å². The number of rotatable bonds is 5. The minimum absolute atomic E-state index is 0.0744. The summed E-state index contributed by atoms with van der Waals surface area (Å²) >= 11 is 0. The Hall–Kier alpha value is -2.83. The molecule has 0 radical (unpaired) electrons. The number of pyridine rings is 1. The van der Waals surface area contributed by atoms with Crippen LogP contribution in [0.15, 0.2) is 28.8 Å². The first kappa shape index (κ1) is 14.6. The lowest BCUT2D eigenvalue weighted by Crippen LogP contribution is -2.23. The molecule has 0 bridgehead atoms. The van der Waals surface area contributed by atoms with Gasteiger partial charge in [-0.25, -0.2) is 9.78 Å². The molecule has 0 atom stereocenters. The van der Waals surface area contributed by atoms with Crippen molar-refractivity contribution in [2.75, 3.05) is 7.11 Å². The van der Waals surface area contributed by atoms with Crippen molar-refractivity contribution in [1.29, 1.82) is 0 Å². The summed E-state index contributed by atoms with van der Waals surface area (Å²) in [6, 6.07) is 4.59. The Kier molecular flexibility index (Phi) is 4.22. The van der Waals surface area contributed by atoms with Crippen LogP contribution >= 0.6 is 0 Å². The van der Waals surface area contributed by atoms with Gasteiger partial charge in [-0.1, -0.05) is 0 Å². The highest BCUT2D eigenvalue weighted by Crippen LogP contribution is 2.16. The van der Waals surface area contributed by atoms with E-state index in [9.17, 15) is 9.59 Å². The average molecular weight is 290 g/mol. The molecular weight excluding hydrogens is 276 g/mol. The Morgan fingerprint density at radius 1 is 1.43 bits per heavy atom. The Labute approximate surface area is 120 Å². The van der Waals surface area contributed by atoms with Gasteiger partial charge in [-0.05, 0) is 25.1 Å². The van der Waals surface area contributed by atoms with Crippen LogP contribution in [0, 0.1) is 6.92 Å². The molecule has 7 nitrogen and oxygen atoms in total. The lowest BCUT2D eigenvalue weighted by molar-refractivity contribution is 0.0694. The number of methoxy groups -OCH3 is 1. The Morgan fingerprint density at radius 3 is 2.81 bits per heavy atom. The van der Waals surface area contributed by atoms with Crippen LogP contribution in [0.3, 0.4) is 0 Å². The molecule has 2 aromatic rings. The van der Waals surface area contributed by atoms with Crippen molar-refractivity contribution in [2.24, 2.45) is 0 Å². The number of carboxylic acid groups (broad SMARTS) is 1. The quantitative estimate of drug-likeness (QED) is 0.867. The number of aromatic nitrogens is 1. The van der Waals surface area contributed by atoms with Crippen molar-refractivity contribution in [3.8, 4) is 5.88 Å². The summed E-state index contributed by atoms with van der Waals surface area (Å²) in [4.78, 5) is 26.9. The zero-order chi connectivity index (χ0) is 15.4. The molecule has 0 aliphatic carbocycles. The largest absolute Gasteiger partial charge is 0.480 e. The van der Waals surface area contributed by atoms with E-state index in [-0.39, 0.29) is 23.9 Å². The van der Waals surface area contributed by atoms with E-state index in [4.69, 9.17) is 14.3 Å².